The van der Waals surface area contributed by atoms with Crippen LogP contribution in [0, 0.1) is 0 Å². The quantitative estimate of drug-likeness (QED) is 0.469. The molecule has 2 N–H and O–H groups in total. The summed E-state index contributed by atoms with van der Waals surface area (Å²) >= 11 is 0. The van der Waals surface area contributed by atoms with Gasteiger partial charge in [-0.25, -0.2) is 13.2 Å². The van der Waals surface area contributed by atoms with Crippen molar-refractivity contribution >= 4 is 33.3 Å². The van der Waals surface area contributed by atoms with Crippen LogP contribution in [-0.4, -0.2) is 26.6 Å². The van der Waals surface area contributed by atoms with E-state index in [-0.39, 0.29) is 22.5 Å². The zero-order chi connectivity index (χ0) is 24.9. The molecule has 34 heavy (non-hydrogen) atoms. The summed E-state index contributed by atoms with van der Waals surface area (Å²) in [6, 6.07) is 17.5. The Hall–Kier alpha value is -3.86. The first kappa shape index (κ1) is 24.8. The lowest BCUT2D eigenvalue weighted by Gasteiger charge is -2.19. The zero-order valence-corrected chi connectivity index (χ0v) is 18.5. The topological polar surface area (TPSA) is 102 Å². The molecule has 0 spiro atoms. The van der Waals surface area contributed by atoms with Crippen LogP contribution in [0.25, 0.3) is 0 Å². The maximum absolute atomic E-state index is 13.0. The fraction of sp³-hybridized carbons (Fsp3) is 0.130. The second-order valence-corrected chi connectivity index (χ2v) is 8.93. The molecular weight excluding hydrogens is 473 g/mol. The molecule has 178 valence electrons. The Bertz CT molecular complexity index is 1300. The average Bonchev–Trinajstić information content (AvgIpc) is 2.76. The van der Waals surface area contributed by atoms with Gasteiger partial charge in [0.2, 0.25) is 16.1 Å². The minimum atomic E-state index is -4.61. The maximum atomic E-state index is 13.0. The minimum Gasteiger partial charge on any atom is -0.444 e. The van der Waals surface area contributed by atoms with Crippen molar-refractivity contribution in [1.29, 1.82) is 0 Å². The number of ether oxygens (including phenoxy) is 1. The number of hydrogen-bond donors (Lipinski definition) is 2. The Kier molecular flexibility index (Phi) is 7.26. The molecule has 0 aliphatic rings. The predicted molar refractivity (Wildman–Crippen MR) is 120 cm³/mol. The van der Waals surface area contributed by atoms with Gasteiger partial charge in [0.1, 0.15) is 0 Å². The number of carbonyl (C=O) groups is 2. The number of benzene rings is 3. The van der Waals surface area contributed by atoms with Crippen molar-refractivity contribution in [1.82, 2.24) is 0 Å². The highest BCUT2D eigenvalue weighted by Crippen LogP contribution is 2.31. The number of hydrogen-bond acceptors (Lipinski definition) is 5. The van der Waals surface area contributed by atoms with Gasteiger partial charge in [-0.15, -0.1) is 0 Å². The van der Waals surface area contributed by atoms with E-state index in [4.69, 9.17) is 4.74 Å². The second-order valence-electron chi connectivity index (χ2n) is 7.18. The number of para-hydroxylation sites is 1. The molecule has 0 aliphatic carbocycles. The first-order valence-corrected chi connectivity index (χ1v) is 11.6. The molecule has 11 heteroatoms. The summed E-state index contributed by atoms with van der Waals surface area (Å²) in [6.45, 7) is 0. The molecule has 0 fully saturated rings. The van der Waals surface area contributed by atoms with Crippen molar-refractivity contribution in [3.8, 4) is 0 Å². The normalized spacial score (nSPS) is 12.5. The van der Waals surface area contributed by atoms with Crippen molar-refractivity contribution in [3.05, 3.63) is 95.6 Å². The summed E-state index contributed by atoms with van der Waals surface area (Å²) < 4.78 is 69.9. The van der Waals surface area contributed by atoms with E-state index in [1.165, 1.54) is 42.5 Å². The fourth-order valence-corrected chi connectivity index (χ4v) is 3.58. The van der Waals surface area contributed by atoms with E-state index in [0.29, 0.717) is 0 Å². The van der Waals surface area contributed by atoms with Crippen LogP contribution in [0.5, 0.6) is 0 Å². The highest BCUT2D eigenvalue weighted by molar-refractivity contribution is 7.92. The second kappa shape index (κ2) is 9.96. The molecule has 3 aromatic rings. The van der Waals surface area contributed by atoms with Gasteiger partial charge in [0.25, 0.3) is 5.91 Å². The molecule has 1 unspecified atom stereocenters. The standard InChI is InChI=1S/C23H19F3N2O5S/c1-34(31,32)28-19-13-6-5-12-18(19)22(30)33-20(15-8-3-2-4-9-15)21(29)27-17-11-7-10-16(14-17)23(24,25)26/h2-14,20,28H,1H3,(H,27,29). The maximum Gasteiger partial charge on any atom is 0.416 e. The molecule has 0 bridgehead atoms. The number of esters is 1. The van der Waals surface area contributed by atoms with E-state index < -0.39 is 39.7 Å². The van der Waals surface area contributed by atoms with E-state index in [0.717, 1.165) is 24.5 Å². The number of anilines is 2. The first-order chi connectivity index (χ1) is 15.9. The lowest BCUT2D eigenvalue weighted by atomic mass is 10.1. The van der Waals surface area contributed by atoms with Gasteiger partial charge in [-0.3, -0.25) is 9.52 Å². The van der Waals surface area contributed by atoms with Gasteiger partial charge >= 0.3 is 12.1 Å². The molecule has 3 aromatic carbocycles. The van der Waals surface area contributed by atoms with E-state index >= 15 is 0 Å². The Morgan fingerprint density at radius 3 is 2.21 bits per heavy atom. The summed E-state index contributed by atoms with van der Waals surface area (Å²) in [5.74, 6) is -1.91. The van der Waals surface area contributed by atoms with Gasteiger partial charge in [-0.05, 0) is 30.3 Å². The molecular formula is C23H19F3N2O5S. The first-order valence-electron chi connectivity index (χ1n) is 9.75. The Morgan fingerprint density at radius 2 is 1.56 bits per heavy atom. The molecule has 7 nitrogen and oxygen atoms in total. The van der Waals surface area contributed by atoms with Crippen molar-refractivity contribution in [2.24, 2.45) is 0 Å². The molecule has 3 rings (SSSR count). The summed E-state index contributed by atoms with van der Waals surface area (Å²) in [4.78, 5) is 25.9. The average molecular weight is 492 g/mol. The monoisotopic (exact) mass is 492 g/mol. The lowest BCUT2D eigenvalue weighted by molar-refractivity contribution is -0.137. The molecule has 1 atom stereocenters. The largest absolute Gasteiger partial charge is 0.444 e. The number of rotatable bonds is 7. The number of amides is 1. The van der Waals surface area contributed by atoms with E-state index in [2.05, 4.69) is 10.0 Å². The van der Waals surface area contributed by atoms with Gasteiger partial charge in [-0.1, -0.05) is 48.5 Å². The van der Waals surface area contributed by atoms with Crippen molar-refractivity contribution in [2.45, 2.75) is 12.3 Å². The molecule has 0 heterocycles. The third kappa shape index (κ3) is 6.58. The number of sulfonamides is 1. The summed E-state index contributed by atoms with van der Waals surface area (Å²) in [5, 5.41) is 2.34. The third-order valence-electron chi connectivity index (χ3n) is 4.47. The smallest absolute Gasteiger partial charge is 0.416 e. The third-order valence-corrected chi connectivity index (χ3v) is 5.06. The molecule has 0 saturated heterocycles. The lowest BCUT2D eigenvalue weighted by Crippen LogP contribution is -2.26. The summed E-state index contributed by atoms with van der Waals surface area (Å²) in [6.07, 6.45) is -5.23. The molecule has 0 saturated carbocycles. The molecule has 0 aliphatic heterocycles. The van der Waals surface area contributed by atoms with Gasteiger partial charge in [-0.2, -0.15) is 13.2 Å². The Morgan fingerprint density at radius 1 is 0.912 bits per heavy atom. The highest BCUT2D eigenvalue weighted by Gasteiger charge is 2.31. The number of alkyl halides is 3. The number of carbonyl (C=O) groups excluding carboxylic acids is 2. The van der Waals surface area contributed by atoms with Gasteiger partial charge in [0.05, 0.1) is 23.1 Å². The van der Waals surface area contributed by atoms with E-state index in [9.17, 15) is 31.2 Å². The van der Waals surface area contributed by atoms with Crippen molar-refractivity contribution in [2.75, 3.05) is 16.3 Å². The minimum absolute atomic E-state index is 0.0555. The number of halogens is 3. The zero-order valence-electron chi connectivity index (χ0n) is 17.7. The number of nitrogens with one attached hydrogen (secondary N) is 2. The molecule has 0 radical (unpaired) electrons. The van der Waals surface area contributed by atoms with E-state index in [1.807, 2.05) is 0 Å². The van der Waals surface area contributed by atoms with Crippen molar-refractivity contribution < 1.29 is 35.9 Å². The molecule has 1 amide bonds. The van der Waals surface area contributed by atoms with Gasteiger partial charge in [0.15, 0.2) is 0 Å². The van der Waals surface area contributed by atoms with Crippen LogP contribution in [0.2, 0.25) is 0 Å². The molecule has 0 aromatic heterocycles. The summed E-state index contributed by atoms with van der Waals surface area (Å²) in [5.41, 5.74) is -1.05. The van der Waals surface area contributed by atoms with Gasteiger partial charge < -0.3 is 10.1 Å². The van der Waals surface area contributed by atoms with Crippen LogP contribution in [0.4, 0.5) is 24.5 Å². The SMILES string of the molecule is CS(=O)(=O)Nc1ccccc1C(=O)OC(C(=O)Nc1cccc(C(F)(F)F)c1)c1ccccc1. The highest BCUT2D eigenvalue weighted by atomic mass is 32.2. The van der Waals surface area contributed by atoms with E-state index in [1.54, 1.807) is 18.2 Å². The fourth-order valence-electron chi connectivity index (χ4n) is 3.00. The Balaban J connectivity index is 1.90. The van der Waals surface area contributed by atoms with Crippen molar-refractivity contribution in [3.63, 3.8) is 0 Å². The van der Waals surface area contributed by atoms with Gasteiger partial charge in [0, 0.05) is 11.3 Å². The Labute approximate surface area is 193 Å². The van der Waals surface area contributed by atoms with Crippen LogP contribution in [0.1, 0.15) is 27.6 Å². The summed E-state index contributed by atoms with van der Waals surface area (Å²) in [7, 11) is -3.72. The van der Waals surface area contributed by atoms with Crippen LogP contribution in [0.15, 0.2) is 78.9 Å². The van der Waals surface area contributed by atoms with Crippen LogP contribution < -0.4 is 10.0 Å². The predicted octanol–water partition coefficient (Wildman–Crippen LogP) is 4.61. The van der Waals surface area contributed by atoms with Crippen LogP contribution in [0.3, 0.4) is 0 Å². The van der Waals surface area contributed by atoms with Crippen LogP contribution >= 0.6 is 0 Å². The van der Waals surface area contributed by atoms with Crippen LogP contribution in [-0.2, 0) is 25.7 Å².